The van der Waals surface area contributed by atoms with E-state index in [4.69, 9.17) is 17.0 Å². The first kappa shape index (κ1) is 13.7. The van der Waals surface area contributed by atoms with Crippen molar-refractivity contribution in [3.63, 3.8) is 0 Å². The Hall–Kier alpha value is -0.350. The fraction of sp³-hybridized carbons (Fsp3) is 0.917. The van der Waals surface area contributed by atoms with Gasteiger partial charge in [-0.05, 0) is 43.8 Å². The molecule has 0 spiro atoms. The second-order valence-corrected chi connectivity index (χ2v) is 5.40. The molecule has 1 aliphatic rings. The molecule has 4 unspecified atom stereocenters. The van der Waals surface area contributed by atoms with E-state index in [-0.39, 0.29) is 6.04 Å². The molecular formula is C12H24N2OS. The molecule has 4 heteroatoms. The summed E-state index contributed by atoms with van der Waals surface area (Å²) in [6.45, 7) is 7.36. The van der Waals surface area contributed by atoms with Gasteiger partial charge in [0.15, 0.2) is 5.11 Å². The van der Waals surface area contributed by atoms with Crippen molar-refractivity contribution in [2.45, 2.75) is 45.7 Å². The van der Waals surface area contributed by atoms with Crippen molar-refractivity contribution in [3.05, 3.63) is 0 Å². The summed E-state index contributed by atoms with van der Waals surface area (Å²) in [6, 6.07) is 0.795. The van der Waals surface area contributed by atoms with E-state index in [9.17, 15) is 0 Å². The van der Waals surface area contributed by atoms with Gasteiger partial charge < -0.3 is 15.4 Å². The van der Waals surface area contributed by atoms with Crippen LogP contribution >= 0.6 is 12.2 Å². The van der Waals surface area contributed by atoms with E-state index in [0.29, 0.717) is 18.6 Å². The van der Waals surface area contributed by atoms with E-state index in [1.165, 1.54) is 12.8 Å². The van der Waals surface area contributed by atoms with Crippen molar-refractivity contribution in [1.29, 1.82) is 0 Å². The zero-order chi connectivity index (χ0) is 12.1. The van der Waals surface area contributed by atoms with Crippen LogP contribution in [0.5, 0.6) is 0 Å². The fourth-order valence-corrected chi connectivity index (χ4v) is 2.65. The average Bonchev–Trinajstić information content (AvgIpc) is 2.50. The highest BCUT2D eigenvalue weighted by atomic mass is 32.1. The lowest BCUT2D eigenvalue weighted by atomic mass is 9.98. The van der Waals surface area contributed by atoms with Crippen LogP contribution in [0.2, 0.25) is 0 Å². The van der Waals surface area contributed by atoms with Crippen LogP contribution < -0.4 is 10.6 Å². The first-order valence-corrected chi connectivity index (χ1v) is 6.51. The van der Waals surface area contributed by atoms with Gasteiger partial charge in [0.1, 0.15) is 0 Å². The summed E-state index contributed by atoms with van der Waals surface area (Å²) >= 11 is 5.29. The summed E-state index contributed by atoms with van der Waals surface area (Å²) in [5, 5.41) is 7.41. The Balaban J connectivity index is 2.29. The van der Waals surface area contributed by atoms with E-state index in [1.807, 2.05) is 0 Å². The number of ether oxygens (including phenoxy) is 1. The molecule has 0 saturated heterocycles. The summed E-state index contributed by atoms with van der Waals surface area (Å²) in [6.07, 6.45) is 2.53. The van der Waals surface area contributed by atoms with Gasteiger partial charge in [-0.2, -0.15) is 0 Å². The Morgan fingerprint density at radius 2 is 2.12 bits per heavy atom. The lowest BCUT2D eigenvalue weighted by Gasteiger charge is -2.23. The third-order valence-electron chi connectivity index (χ3n) is 3.58. The van der Waals surface area contributed by atoms with Crippen molar-refractivity contribution in [3.8, 4) is 0 Å². The zero-order valence-corrected chi connectivity index (χ0v) is 11.6. The molecule has 0 heterocycles. The predicted molar refractivity (Wildman–Crippen MR) is 71.6 cm³/mol. The summed E-state index contributed by atoms with van der Waals surface area (Å²) < 4.78 is 5.06. The predicted octanol–water partition coefficient (Wildman–Crippen LogP) is 1.92. The minimum atomic E-state index is 0.263. The largest absolute Gasteiger partial charge is 0.383 e. The van der Waals surface area contributed by atoms with Crippen LogP contribution in [0.3, 0.4) is 0 Å². The summed E-state index contributed by atoms with van der Waals surface area (Å²) in [5.41, 5.74) is 0. The molecule has 16 heavy (non-hydrogen) atoms. The quantitative estimate of drug-likeness (QED) is 0.740. The number of nitrogens with one attached hydrogen (secondary N) is 2. The molecule has 1 aliphatic carbocycles. The molecule has 0 bridgehead atoms. The van der Waals surface area contributed by atoms with Gasteiger partial charge in [-0.25, -0.2) is 0 Å². The molecule has 1 rings (SSSR count). The van der Waals surface area contributed by atoms with Gasteiger partial charge in [-0.1, -0.05) is 13.8 Å². The lowest BCUT2D eigenvalue weighted by Crippen LogP contribution is -2.47. The molecule has 94 valence electrons. The normalized spacial score (nSPS) is 31.1. The highest BCUT2D eigenvalue weighted by Gasteiger charge is 2.29. The molecule has 0 radical (unpaired) electrons. The molecule has 0 aliphatic heterocycles. The van der Waals surface area contributed by atoms with E-state index < -0.39 is 0 Å². The molecule has 3 nitrogen and oxygen atoms in total. The monoisotopic (exact) mass is 244 g/mol. The maximum Gasteiger partial charge on any atom is 0.166 e. The van der Waals surface area contributed by atoms with Gasteiger partial charge in [0.05, 0.1) is 6.61 Å². The van der Waals surface area contributed by atoms with E-state index in [0.717, 1.165) is 11.0 Å². The summed E-state index contributed by atoms with van der Waals surface area (Å²) in [5.74, 6) is 1.51. The SMILES string of the molecule is COCC(C)NC(=S)NC1CCC(C)C1C. The second kappa shape index (κ2) is 6.40. The molecule has 0 aromatic carbocycles. The van der Waals surface area contributed by atoms with Crippen molar-refractivity contribution >= 4 is 17.3 Å². The Bertz CT molecular complexity index is 235. The Morgan fingerprint density at radius 3 is 2.62 bits per heavy atom. The minimum absolute atomic E-state index is 0.263. The first-order valence-electron chi connectivity index (χ1n) is 6.10. The lowest BCUT2D eigenvalue weighted by molar-refractivity contribution is 0.179. The third-order valence-corrected chi connectivity index (χ3v) is 3.81. The van der Waals surface area contributed by atoms with Gasteiger partial charge in [0.2, 0.25) is 0 Å². The Morgan fingerprint density at radius 1 is 1.44 bits per heavy atom. The second-order valence-electron chi connectivity index (χ2n) is 4.99. The van der Waals surface area contributed by atoms with Crippen LogP contribution in [0.25, 0.3) is 0 Å². The fourth-order valence-electron chi connectivity index (χ4n) is 2.29. The zero-order valence-electron chi connectivity index (χ0n) is 10.7. The van der Waals surface area contributed by atoms with Crippen molar-refractivity contribution in [2.75, 3.05) is 13.7 Å². The maximum absolute atomic E-state index is 5.29. The molecule has 1 fully saturated rings. The summed E-state index contributed by atoms with van der Waals surface area (Å²) in [7, 11) is 1.70. The van der Waals surface area contributed by atoms with E-state index in [2.05, 4.69) is 31.4 Å². The van der Waals surface area contributed by atoms with Crippen LogP contribution in [-0.4, -0.2) is 30.9 Å². The molecule has 2 N–H and O–H groups in total. The number of methoxy groups -OCH3 is 1. The number of hydrogen-bond acceptors (Lipinski definition) is 2. The van der Waals surface area contributed by atoms with Gasteiger partial charge >= 0.3 is 0 Å². The third kappa shape index (κ3) is 3.91. The molecule has 0 amide bonds. The minimum Gasteiger partial charge on any atom is -0.383 e. The number of rotatable bonds is 4. The van der Waals surface area contributed by atoms with Crippen LogP contribution in [0.1, 0.15) is 33.6 Å². The molecular weight excluding hydrogens is 220 g/mol. The molecule has 0 aromatic rings. The van der Waals surface area contributed by atoms with Gasteiger partial charge in [-0.15, -0.1) is 0 Å². The summed E-state index contributed by atoms with van der Waals surface area (Å²) in [4.78, 5) is 0. The van der Waals surface area contributed by atoms with Gasteiger partial charge in [-0.3, -0.25) is 0 Å². The van der Waals surface area contributed by atoms with Crippen LogP contribution in [-0.2, 0) is 4.74 Å². The van der Waals surface area contributed by atoms with Gasteiger partial charge in [0.25, 0.3) is 0 Å². The topological polar surface area (TPSA) is 33.3 Å². The molecule has 0 aromatic heterocycles. The Kier molecular flexibility index (Phi) is 5.49. The maximum atomic E-state index is 5.29. The Labute approximate surface area is 104 Å². The molecule has 4 atom stereocenters. The van der Waals surface area contributed by atoms with Crippen LogP contribution in [0, 0.1) is 11.8 Å². The van der Waals surface area contributed by atoms with E-state index >= 15 is 0 Å². The first-order chi connectivity index (χ1) is 7.54. The van der Waals surface area contributed by atoms with Crippen molar-refractivity contribution in [1.82, 2.24) is 10.6 Å². The highest BCUT2D eigenvalue weighted by Crippen LogP contribution is 2.30. The smallest absolute Gasteiger partial charge is 0.166 e. The van der Waals surface area contributed by atoms with Crippen molar-refractivity contribution < 1.29 is 4.74 Å². The van der Waals surface area contributed by atoms with E-state index in [1.54, 1.807) is 7.11 Å². The van der Waals surface area contributed by atoms with Crippen LogP contribution in [0.15, 0.2) is 0 Å². The highest BCUT2D eigenvalue weighted by molar-refractivity contribution is 7.80. The number of thiocarbonyl (C=S) groups is 1. The number of hydrogen-bond donors (Lipinski definition) is 2. The van der Waals surface area contributed by atoms with Crippen LogP contribution in [0.4, 0.5) is 0 Å². The average molecular weight is 244 g/mol. The standard InChI is InChI=1S/C12H24N2OS/c1-8-5-6-11(10(8)3)14-12(16)13-9(2)7-15-4/h8-11H,5-7H2,1-4H3,(H2,13,14,16). The molecule has 1 saturated carbocycles. The van der Waals surface area contributed by atoms with Gasteiger partial charge in [0, 0.05) is 19.2 Å². The van der Waals surface area contributed by atoms with Crippen molar-refractivity contribution in [2.24, 2.45) is 11.8 Å².